The van der Waals surface area contributed by atoms with Gasteiger partial charge >= 0.3 is 0 Å². The van der Waals surface area contributed by atoms with Crippen LogP contribution in [0, 0.1) is 0 Å². The maximum Gasteiger partial charge on any atom is 0.0931 e. The fourth-order valence-corrected chi connectivity index (χ4v) is 1.74. The van der Waals surface area contributed by atoms with Gasteiger partial charge in [0.05, 0.1) is 10.9 Å². The molecule has 0 bridgehead atoms. The molecule has 4 heteroatoms. The van der Waals surface area contributed by atoms with Crippen LogP contribution in [0.3, 0.4) is 0 Å². The van der Waals surface area contributed by atoms with Crippen LogP contribution in [0.25, 0.3) is 0 Å². The van der Waals surface area contributed by atoms with Crippen molar-refractivity contribution in [3.05, 3.63) is 21.3 Å². The molecule has 3 N–H and O–H groups in total. The Morgan fingerprint density at radius 2 is 2.45 bits per heavy atom. The second-order valence-corrected chi connectivity index (χ2v) is 3.95. The number of nitrogens with two attached hydrogens (primary N) is 1. The Bertz CT molecular complexity index is 226. The van der Waals surface area contributed by atoms with Gasteiger partial charge in [-0.3, -0.25) is 0 Å². The topological polar surface area (TPSA) is 46.2 Å². The third-order valence-electron chi connectivity index (χ3n) is 1.35. The molecular weight excluding hydrogens is 182 g/mol. The zero-order valence-electron chi connectivity index (χ0n) is 5.96. The van der Waals surface area contributed by atoms with E-state index in [1.165, 1.54) is 11.3 Å². The number of halogens is 1. The Morgan fingerprint density at radius 3 is 2.91 bits per heavy atom. The van der Waals surface area contributed by atoms with Crippen molar-refractivity contribution < 1.29 is 5.11 Å². The van der Waals surface area contributed by atoms with Crippen LogP contribution in [0.15, 0.2) is 11.4 Å². The van der Waals surface area contributed by atoms with Crippen LogP contribution in [0.2, 0.25) is 4.34 Å². The molecule has 1 unspecified atom stereocenters. The summed E-state index contributed by atoms with van der Waals surface area (Å²) in [7, 11) is 0. The van der Waals surface area contributed by atoms with E-state index in [0.717, 1.165) is 9.90 Å². The molecular formula is C7H10ClNOS. The lowest BCUT2D eigenvalue weighted by molar-refractivity contribution is 0.265. The molecule has 0 saturated heterocycles. The van der Waals surface area contributed by atoms with Crippen molar-refractivity contribution >= 4 is 22.9 Å². The minimum Gasteiger partial charge on any atom is -0.395 e. The summed E-state index contributed by atoms with van der Waals surface area (Å²) in [6.07, 6.45) is 0.694. The average molecular weight is 192 g/mol. The van der Waals surface area contributed by atoms with Crippen LogP contribution < -0.4 is 5.73 Å². The van der Waals surface area contributed by atoms with Crippen molar-refractivity contribution in [1.82, 2.24) is 0 Å². The first-order chi connectivity index (χ1) is 5.22. The van der Waals surface area contributed by atoms with E-state index in [0.29, 0.717) is 6.42 Å². The van der Waals surface area contributed by atoms with Gasteiger partial charge in [-0.25, -0.2) is 0 Å². The molecule has 0 aliphatic heterocycles. The van der Waals surface area contributed by atoms with Gasteiger partial charge in [-0.1, -0.05) is 11.6 Å². The number of thiophene rings is 1. The molecule has 1 heterocycles. The highest BCUT2D eigenvalue weighted by molar-refractivity contribution is 7.14. The Labute approximate surface area is 74.6 Å². The van der Waals surface area contributed by atoms with Gasteiger partial charge < -0.3 is 10.8 Å². The zero-order valence-corrected chi connectivity index (χ0v) is 7.53. The number of rotatable bonds is 3. The lowest BCUT2D eigenvalue weighted by atomic mass is 10.1. The first kappa shape index (κ1) is 9.00. The lowest BCUT2D eigenvalue weighted by Gasteiger charge is -2.04. The molecule has 0 amide bonds. The molecule has 62 valence electrons. The molecule has 0 aliphatic carbocycles. The van der Waals surface area contributed by atoms with Gasteiger partial charge in [-0.2, -0.15) is 0 Å². The highest BCUT2D eigenvalue weighted by Crippen LogP contribution is 2.20. The van der Waals surface area contributed by atoms with Crippen LogP contribution in [0.1, 0.15) is 5.56 Å². The number of hydrogen-bond acceptors (Lipinski definition) is 3. The molecule has 1 rings (SSSR count). The van der Waals surface area contributed by atoms with Gasteiger partial charge in [0.1, 0.15) is 0 Å². The molecule has 2 nitrogen and oxygen atoms in total. The Morgan fingerprint density at radius 1 is 1.73 bits per heavy atom. The summed E-state index contributed by atoms with van der Waals surface area (Å²) >= 11 is 7.19. The Kier molecular flexibility index (Phi) is 3.33. The molecule has 0 aliphatic rings. The fraction of sp³-hybridized carbons (Fsp3) is 0.429. The highest BCUT2D eigenvalue weighted by Gasteiger charge is 2.03. The van der Waals surface area contributed by atoms with Crippen LogP contribution >= 0.6 is 22.9 Å². The molecule has 1 aromatic heterocycles. The zero-order chi connectivity index (χ0) is 8.27. The predicted molar refractivity (Wildman–Crippen MR) is 48.1 cm³/mol. The SMILES string of the molecule is NC(CO)Cc1csc(Cl)c1. The van der Waals surface area contributed by atoms with Gasteiger partial charge in [0, 0.05) is 6.04 Å². The second-order valence-electron chi connectivity index (χ2n) is 2.41. The molecule has 0 fully saturated rings. The summed E-state index contributed by atoms with van der Waals surface area (Å²) in [6.45, 7) is 0.0213. The summed E-state index contributed by atoms with van der Waals surface area (Å²) < 4.78 is 0.769. The van der Waals surface area contributed by atoms with Crippen LogP contribution in [-0.4, -0.2) is 17.8 Å². The normalized spacial score (nSPS) is 13.4. The summed E-state index contributed by atoms with van der Waals surface area (Å²) in [5.41, 5.74) is 6.62. The van der Waals surface area contributed by atoms with E-state index in [1.807, 2.05) is 11.4 Å². The maximum atomic E-state index is 8.65. The molecule has 0 spiro atoms. The second kappa shape index (κ2) is 4.07. The molecule has 0 radical (unpaired) electrons. The van der Waals surface area contributed by atoms with Gasteiger partial charge in [0.2, 0.25) is 0 Å². The first-order valence-corrected chi connectivity index (χ1v) is 4.57. The van der Waals surface area contributed by atoms with E-state index in [-0.39, 0.29) is 12.6 Å². The third kappa shape index (κ3) is 2.79. The van der Waals surface area contributed by atoms with Crippen LogP contribution in [-0.2, 0) is 6.42 Å². The third-order valence-corrected chi connectivity index (χ3v) is 2.49. The fourth-order valence-electron chi connectivity index (χ4n) is 0.820. The van der Waals surface area contributed by atoms with E-state index in [9.17, 15) is 0 Å². The van der Waals surface area contributed by atoms with Gasteiger partial charge in [0.25, 0.3) is 0 Å². The molecule has 0 saturated carbocycles. The number of hydrogen-bond donors (Lipinski definition) is 2. The van der Waals surface area contributed by atoms with E-state index in [2.05, 4.69) is 0 Å². The minimum atomic E-state index is -0.166. The largest absolute Gasteiger partial charge is 0.395 e. The van der Waals surface area contributed by atoms with E-state index in [4.69, 9.17) is 22.4 Å². The van der Waals surface area contributed by atoms with Crippen LogP contribution in [0.4, 0.5) is 0 Å². The Balaban J connectivity index is 2.50. The Hall–Kier alpha value is -0.0900. The van der Waals surface area contributed by atoms with Gasteiger partial charge in [-0.15, -0.1) is 11.3 Å². The summed E-state index contributed by atoms with van der Waals surface area (Å²) in [6, 6.07) is 1.71. The van der Waals surface area contributed by atoms with Gasteiger partial charge in [-0.05, 0) is 23.4 Å². The van der Waals surface area contributed by atoms with Crippen molar-refractivity contribution in [2.45, 2.75) is 12.5 Å². The lowest BCUT2D eigenvalue weighted by Crippen LogP contribution is -2.26. The summed E-state index contributed by atoms with van der Waals surface area (Å²) in [5, 5.41) is 10.6. The standard InChI is InChI=1S/C7H10ClNOS/c8-7-2-5(4-11-7)1-6(9)3-10/h2,4,6,10H,1,3,9H2. The molecule has 0 aromatic carbocycles. The smallest absolute Gasteiger partial charge is 0.0931 e. The van der Waals surface area contributed by atoms with Crippen molar-refractivity contribution in [3.8, 4) is 0 Å². The molecule has 11 heavy (non-hydrogen) atoms. The van der Waals surface area contributed by atoms with Crippen LogP contribution in [0.5, 0.6) is 0 Å². The van der Waals surface area contributed by atoms with E-state index < -0.39 is 0 Å². The van der Waals surface area contributed by atoms with Crippen molar-refractivity contribution in [1.29, 1.82) is 0 Å². The maximum absolute atomic E-state index is 8.65. The monoisotopic (exact) mass is 191 g/mol. The predicted octanol–water partition coefficient (Wildman–Crippen LogP) is 1.26. The minimum absolute atomic E-state index is 0.0213. The molecule has 1 atom stereocenters. The van der Waals surface area contributed by atoms with E-state index in [1.54, 1.807) is 0 Å². The summed E-state index contributed by atoms with van der Waals surface area (Å²) in [5.74, 6) is 0. The summed E-state index contributed by atoms with van der Waals surface area (Å²) in [4.78, 5) is 0. The molecule has 1 aromatic rings. The first-order valence-electron chi connectivity index (χ1n) is 3.31. The van der Waals surface area contributed by atoms with Gasteiger partial charge in [0.15, 0.2) is 0 Å². The highest BCUT2D eigenvalue weighted by atomic mass is 35.5. The average Bonchev–Trinajstić information content (AvgIpc) is 2.35. The van der Waals surface area contributed by atoms with Crippen molar-refractivity contribution in [2.75, 3.05) is 6.61 Å². The van der Waals surface area contributed by atoms with Crippen molar-refractivity contribution in [3.63, 3.8) is 0 Å². The number of aliphatic hydroxyl groups excluding tert-OH is 1. The quantitative estimate of drug-likeness (QED) is 0.756. The van der Waals surface area contributed by atoms with Crippen molar-refractivity contribution in [2.24, 2.45) is 5.73 Å². The number of aliphatic hydroxyl groups is 1. The van der Waals surface area contributed by atoms with E-state index >= 15 is 0 Å².